The van der Waals surface area contributed by atoms with Gasteiger partial charge < -0.3 is 14.9 Å². The van der Waals surface area contributed by atoms with Gasteiger partial charge in [-0.15, -0.1) is 0 Å². The van der Waals surface area contributed by atoms with E-state index in [4.69, 9.17) is 4.52 Å². The van der Waals surface area contributed by atoms with Crippen LogP contribution >= 0.6 is 0 Å². The molecule has 2 N–H and O–H groups in total. The Morgan fingerprint density at radius 3 is 2.90 bits per heavy atom. The molecule has 1 saturated heterocycles. The van der Waals surface area contributed by atoms with Gasteiger partial charge in [-0.1, -0.05) is 23.4 Å². The van der Waals surface area contributed by atoms with Gasteiger partial charge in [0, 0.05) is 13.0 Å². The highest BCUT2D eigenvalue weighted by atomic mass is 16.5. The molecule has 0 saturated carbocycles. The minimum atomic E-state index is -0.324. The molecule has 1 aromatic carbocycles. The Morgan fingerprint density at radius 2 is 2.20 bits per heavy atom. The molecule has 0 spiro atoms. The summed E-state index contributed by atoms with van der Waals surface area (Å²) in [7, 11) is 0. The van der Waals surface area contributed by atoms with Crippen LogP contribution in [-0.4, -0.2) is 27.9 Å². The van der Waals surface area contributed by atoms with E-state index in [9.17, 15) is 5.11 Å². The van der Waals surface area contributed by atoms with Crippen LogP contribution in [0.4, 0.5) is 0 Å². The van der Waals surface area contributed by atoms with Crippen LogP contribution < -0.4 is 5.32 Å². The molecule has 2 heterocycles. The molecule has 0 radical (unpaired) electrons. The number of rotatable bonds is 3. The standard InChI is InChI=1S/C15H19N3O2/c1-9-3-4-11(5-10(9)2)6-14-17-15(20-18-14)13-7-12(19)8-16-13/h3-5,12-13,16,19H,6-8H2,1-2H3/t12-,13-/m1/s1. The number of hydrogen-bond acceptors (Lipinski definition) is 5. The van der Waals surface area contributed by atoms with Crippen LogP contribution in [0.25, 0.3) is 0 Å². The van der Waals surface area contributed by atoms with Gasteiger partial charge in [0.1, 0.15) is 0 Å². The number of nitrogens with zero attached hydrogens (tertiary/aromatic N) is 2. The molecule has 1 aromatic heterocycles. The van der Waals surface area contributed by atoms with Crippen molar-refractivity contribution in [1.82, 2.24) is 15.5 Å². The van der Waals surface area contributed by atoms with Crippen molar-refractivity contribution in [2.45, 2.75) is 38.8 Å². The third-order valence-electron chi connectivity index (χ3n) is 3.82. The largest absolute Gasteiger partial charge is 0.392 e. The fourth-order valence-corrected chi connectivity index (χ4v) is 2.48. The molecule has 2 atom stereocenters. The Hall–Kier alpha value is -1.72. The van der Waals surface area contributed by atoms with Crippen LogP contribution in [0.3, 0.4) is 0 Å². The molecule has 5 heteroatoms. The summed E-state index contributed by atoms with van der Waals surface area (Å²) in [5.41, 5.74) is 3.73. The number of hydrogen-bond donors (Lipinski definition) is 2. The predicted octanol–water partition coefficient (Wildman–Crippen LogP) is 1.67. The average molecular weight is 273 g/mol. The first kappa shape index (κ1) is 13.3. The SMILES string of the molecule is Cc1ccc(Cc2noc([C@H]3C[C@@H](O)CN3)n2)cc1C. The highest BCUT2D eigenvalue weighted by Crippen LogP contribution is 2.22. The van der Waals surface area contributed by atoms with Crippen LogP contribution in [0.15, 0.2) is 22.7 Å². The van der Waals surface area contributed by atoms with Crippen LogP contribution in [-0.2, 0) is 6.42 Å². The van der Waals surface area contributed by atoms with Gasteiger partial charge in [0.25, 0.3) is 0 Å². The van der Waals surface area contributed by atoms with Crippen LogP contribution in [0.5, 0.6) is 0 Å². The van der Waals surface area contributed by atoms with Crippen molar-refractivity contribution in [2.24, 2.45) is 0 Å². The van der Waals surface area contributed by atoms with Crippen LogP contribution in [0.1, 0.15) is 40.9 Å². The Kier molecular flexibility index (Phi) is 3.54. The molecular formula is C15H19N3O2. The first-order valence-electron chi connectivity index (χ1n) is 6.92. The second-order valence-corrected chi connectivity index (χ2v) is 5.49. The lowest BCUT2D eigenvalue weighted by atomic mass is 10.0. The first-order valence-corrected chi connectivity index (χ1v) is 6.92. The number of nitrogens with one attached hydrogen (secondary N) is 1. The molecule has 5 nitrogen and oxygen atoms in total. The summed E-state index contributed by atoms with van der Waals surface area (Å²) in [6.45, 7) is 4.78. The second-order valence-electron chi connectivity index (χ2n) is 5.49. The van der Waals surface area contributed by atoms with E-state index in [0.29, 0.717) is 31.1 Å². The number of benzene rings is 1. The zero-order valence-electron chi connectivity index (χ0n) is 11.8. The van der Waals surface area contributed by atoms with Crippen LogP contribution in [0.2, 0.25) is 0 Å². The summed E-state index contributed by atoms with van der Waals surface area (Å²) < 4.78 is 5.29. The molecule has 2 aromatic rings. The lowest BCUT2D eigenvalue weighted by Gasteiger charge is -2.03. The summed E-state index contributed by atoms with van der Waals surface area (Å²) in [6.07, 6.45) is 0.973. The highest BCUT2D eigenvalue weighted by Gasteiger charge is 2.28. The third kappa shape index (κ3) is 2.73. The number of β-amino-alcohol motifs (C(OH)–C–C–N with tert-alkyl or cyclic N) is 1. The summed E-state index contributed by atoms with van der Waals surface area (Å²) in [4.78, 5) is 4.42. The van der Waals surface area contributed by atoms with Crippen molar-refractivity contribution >= 4 is 0 Å². The van der Waals surface area contributed by atoms with Gasteiger partial charge in [-0.05, 0) is 37.0 Å². The Labute approximate surface area is 118 Å². The van der Waals surface area contributed by atoms with E-state index in [0.717, 1.165) is 0 Å². The zero-order valence-corrected chi connectivity index (χ0v) is 11.8. The molecule has 0 aliphatic carbocycles. The first-order chi connectivity index (χ1) is 9.61. The van der Waals surface area contributed by atoms with Gasteiger partial charge in [0.15, 0.2) is 5.82 Å². The zero-order chi connectivity index (χ0) is 14.1. The summed E-state index contributed by atoms with van der Waals surface area (Å²) in [5, 5.41) is 16.7. The molecule has 20 heavy (non-hydrogen) atoms. The lowest BCUT2D eigenvalue weighted by Crippen LogP contribution is -2.15. The van der Waals surface area contributed by atoms with Crippen molar-refractivity contribution in [3.63, 3.8) is 0 Å². The van der Waals surface area contributed by atoms with Gasteiger partial charge >= 0.3 is 0 Å². The normalized spacial score (nSPS) is 22.4. The molecular weight excluding hydrogens is 254 g/mol. The van der Waals surface area contributed by atoms with Gasteiger partial charge in [-0.3, -0.25) is 0 Å². The molecule has 1 aliphatic rings. The topological polar surface area (TPSA) is 71.2 Å². The Bertz CT molecular complexity index is 609. The van der Waals surface area contributed by atoms with Crippen molar-refractivity contribution in [2.75, 3.05) is 6.54 Å². The van der Waals surface area contributed by atoms with Gasteiger partial charge in [0.05, 0.1) is 12.1 Å². The van der Waals surface area contributed by atoms with E-state index in [1.807, 2.05) is 0 Å². The van der Waals surface area contributed by atoms with E-state index in [2.05, 4.69) is 47.5 Å². The maximum absolute atomic E-state index is 9.51. The van der Waals surface area contributed by atoms with E-state index >= 15 is 0 Å². The third-order valence-corrected chi connectivity index (χ3v) is 3.82. The number of aliphatic hydroxyl groups is 1. The van der Waals surface area contributed by atoms with E-state index in [1.165, 1.54) is 16.7 Å². The molecule has 1 aliphatic heterocycles. The summed E-state index contributed by atoms with van der Waals surface area (Å²) in [5.74, 6) is 1.26. The maximum atomic E-state index is 9.51. The lowest BCUT2D eigenvalue weighted by molar-refractivity contribution is 0.191. The number of aromatic nitrogens is 2. The smallest absolute Gasteiger partial charge is 0.243 e. The monoisotopic (exact) mass is 273 g/mol. The van der Waals surface area contributed by atoms with Gasteiger partial charge in [-0.25, -0.2) is 0 Å². The molecule has 1 fully saturated rings. The van der Waals surface area contributed by atoms with E-state index < -0.39 is 0 Å². The van der Waals surface area contributed by atoms with Crippen molar-refractivity contribution in [1.29, 1.82) is 0 Å². The minimum absolute atomic E-state index is 0.0222. The Morgan fingerprint density at radius 1 is 1.35 bits per heavy atom. The van der Waals surface area contributed by atoms with Crippen LogP contribution in [0, 0.1) is 13.8 Å². The summed E-state index contributed by atoms with van der Waals surface area (Å²) >= 11 is 0. The van der Waals surface area contributed by atoms with Crippen molar-refractivity contribution in [3.8, 4) is 0 Å². The van der Waals surface area contributed by atoms with Gasteiger partial charge in [-0.2, -0.15) is 4.98 Å². The molecule has 0 unspecified atom stereocenters. The van der Waals surface area contributed by atoms with Crippen molar-refractivity contribution in [3.05, 3.63) is 46.6 Å². The summed E-state index contributed by atoms with van der Waals surface area (Å²) in [6, 6.07) is 6.34. The fourth-order valence-electron chi connectivity index (χ4n) is 2.48. The minimum Gasteiger partial charge on any atom is -0.392 e. The van der Waals surface area contributed by atoms with Crippen molar-refractivity contribution < 1.29 is 9.63 Å². The number of aliphatic hydroxyl groups excluding tert-OH is 1. The molecule has 106 valence electrons. The second kappa shape index (κ2) is 5.34. The molecule has 3 rings (SSSR count). The maximum Gasteiger partial charge on any atom is 0.243 e. The predicted molar refractivity (Wildman–Crippen MR) is 74.4 cm³/mol. The molecule has 0 amide bonds. The highest BCUT2D eigenvalue weighted by molar-refractivity contribution is 5.31. The Balaban J connectivity index is 1.72. The average Bonchev–Trinajstić information content (AvgIpc) is 3.03. The van der Waals surface area contributed by atoms with E-state index in [-0.39, 0.29) is 12.1 Å². The fraction of sp³-hybridized carbons (Fsp3) is 0.467. The number of aryl methyl sites for hydroxylation is 2. The van der Waals surface area contributed by atoms with Gasteiger partial charge in [0.2, 0.25) is 5.89 Å². The van der Waals surface area contributed by atoms with E-state index in [1.54, 1.807) is 0 Å². The quantitative estimate of drug-likeness (QED) is 0.890. The molecule has 0 bridgehead atoms.